The fraction of sp³-hybridized carbons (Fsp3) is 0.286. The van der Waals surface area contributed by atoms with Gasteiger partial charge < -0.3 is 5.73 Å². The molecule has 0 aliphatic carbocycles. The molecule has 0 spiro atoms. The molecule has 0 aromatic carbocycles. The summed E-state index contributed by atoms with van der Waals surface area (Å²) in [5.41, 5.74) is 6.48. The third-order valence-corrected chi connectivity index (χ3v) is 1.99. The van der Waals surface area contributed by atoms with Crippen LogP contribution in [0.1, 0.15) is 11.9 Å². The first-order valence-corrected chi connectivity index (χ1v) is 4.00. The Morgan fingerprint density at radius 2 is 2.70 bits per heavy atom. The fourth-order valence-electron chi connectivity index (χ4n) is 0.617. The van der Waals surface area contributed by atoms with Crippen LogP contribution in [-0.4, -0.2) is 4.98 Å². The van der Waals surface area contributed by atoms with Crippen molar-refractivity contribution in [1.82, 2.24) is 4.98 Å². The minimum atomic E-state index is 0.786. The molecule has 0 aliphatic rings. The van der Waals surface area contributed by atoms with Crippen LogP contribution in [0.4, 0.5) is 0 Å². The summed E-state index contributed by atoms with van der Waals surface area (Å²) in [7, 11) is 0. The van der Waals surface area contributed by atoms with Gasteiger partial charge in [0.15, 0.2) is 0 Å². The second kappa shape index (κ2) is 3.37. The predicted molar refractivity (Wildman–Crippen MR) is 43.8 cm³/mol. The molecular formula is C7H10N2S. The van der Waals surface area contributed by atoms with E-state index in [-0.39, 0.29) is 0 Å². The Morgan fingerprint density at radius 3 is 3.20 bits per heavy atom. The molecule has 0 bridgehead atoms. The fourth-order valence-corrected chi connectivity index (χ4v) is 1.27. The molecule has 0 saturated heterocycles. The third kappa shape index (κ3) is 1.84. The Hall–Kier alpha value is -0.830. The van der Waals surface area contributed by atoms with Gasteiger partial charge in [0.25, 0.3) is 0 Å². The predicted octanol–water partition coefficient (Wildman–Crippen LogP) is 1.55. The molecule has 1 heterocycles. The molecular weight excluding hydrogens is 144 g/mol. The van der Waals surface area contributed by atoms with Gasteiger partial charge >= 0.3 is 0 Å². The highest BCUT2D eigenvalue weighted by atomic mass is 32.1. The zero-order valence-corrected chi connectivity index (χ0v) is 6.69. The summed E-state index contributed by atoms with van der Waals surface area (Å²) in [5.74, 6) is 0. The first-order valence-electron chi connectivity index (χ1n) is 3.12. The summed E-state index contributed by atoms with van der Waals surface area (Å²) in [6, 6.07) is 0. The second-order valence-electron chi connectivity index (χ2n) is 1.97. The zero-order valence-electron chi connectivity index (χ0n) is 5.87. The van der Waals surface area contributed by atoms with E-state index >= 15 is 0 Å². The highest BCUT2D eigenvalue weighted by Crippen LogP contribution is 2.06. The van der Waals surface area contributed by atoms with Crippen LogP contribution in [0.15, 0.2) is 23.3 Å². The van der Waals surface area contributed by atoms with Gasteiger partial charge in [-0.05, 0) is 6.92 Å². The number of nitrogens with two attached hydrogens (primary N) is 1. The normalized spacial score (nSPS) is 11.9. The van der Waals surface area contributed by atoms with Gasteiger partial charge in [0.1, 0.15) is 0 Å². The summed E-state index contributed by atoms with van der Waals surface area (Å²) in [5, 5.41) is 3.04. The molecule has 0 aliphatic heterocycles. The first-order chi connectivity index (χ1) is 4.83. The van der Waals surface area contributed by atoms with Gasteiger partial charge in [0, 0.05) is 23.7 Å². The van der Waals surface area contributed by atoms with Crippen molar-refractivity contribution in [2.45, 2.75) is 13.3 Å². The van der Waals surface area contributed by atoms with E-state index in [1.807, 2.05) is 18.4 Å². The monoisotopic (exact) mass is 154 g/mol. The van der Waals surface area contributed by atoms with Crippen LogP contribution in [0.25, 0.3) is 0 Å². The van der Waals surface area contributed by atoms with Gasteiger partial charge in [-0.15, -0.1) is 11.3 Å². The summed E-state index contributed by atoms with van der Waals surface area (Å²) in [4.78, 5) is 4.10. The number of hydrogen-bond donors (Lipinski definition) is 1. The van der Waals surface area contributed by atoms with E-state index < -0.39 is 0 Å². The summed E-state index contributed by atoms with van der Waals surface area (Å²) in [6.07, 6.45) is 4.48. The molecule has 54 valence electrons. The van der Waals surface area contributed by atoms with Crippen LogP contribution < -0.4 is 5.73 Å². The number of aromatic nitrogens is 1. The molecule has 1 rings (SSSR count). The quantitative estimate of drug-likeness (QED) is 0.702. The van der Waals surface area contributed by atoms with Crippen molar-refractivity contribution in [1.29, 1.82) is 0 Å². The van der Waals surface area contributed by atoms with Crippen molar-refractivity contribution in [3.8, 4) is 0 Å². The summed E-state index contributed by atoms with van der Waals surface area (Å²) < 4.78 is 0. The summed E-state index contributed by atoms with van der Waals surface area (Å²) >= 11 is 1.63. The van der Waals surface area contributed by atoms with Gasteiger partial charge in [-0.1, -0.05) is 6.08 Å². The number of nitrogens with zero attached hydrogens (tertiary/aromatic N) is 1. The second-order valence-corrected chi connectivity index (χ2v) is 2.95. The van der Waals surface area contributed by atoms with E-state index in [4.69, 9.17) is 5.73 Å². The van der Waals surface area contributed by atoms with E-state index in [1.165, 1.54) is 0 Å². The average Bonchev–Trinajstić information content (AvgIpc) is 2.40. The van der Waals surface area contributed by atoms with Gasteiger partial charge in [0.05, 0.1) is 5.01 Å². The van der Waals surface area contributed by atoms with E-state index in [1.54, 1.807) is 17.5 Å². The molecule has 0 radical (unpaired) electrons. The van der Waals surface area contributed by atoms with Crippen LogP contribution in [0.5, 0.6) is 0 Å². The Morgan fingerprint density at radius 1 is 1.90 bits per heavy atom. The van der Waals surface area contributed by atoms with Crippen molar-refractivity contribution < 1.29 is 0 Å². The van der Waals surface area contributed by atoms with Crippen molar-refractivity contribution in [3.63, 3.8) is 0 Å². The lowest BCUT2D eigenvalue weighted by molar-refractivity contribution is 1.07. The number of allylic oxidation sites excluding steroid dienone is 2. The van der Waals surface area contributed by atoms with Crippen LogP contribution >= 0.6 is 11.3 Å². The Bertz CT molecular complexity index is 214. The topological polar surface area (TPSA) is 38.9 Å². The molecule has 1 aromatic heterocycles. The zero-order chi connectivity index (χ0) is 7.40. The lowest BCUT2D eigenvalue weighted by Crippen LogP contribution is -1.99. The smallest absolute Gasteiger partial charge is 0.0983 e. The van der Waals surface area contributed by atoms with Crippen LogP contribution in [0.3, 0.4) is 0 Å². The maximum absolute atomic E-state index is 5.59. The lowest BCUT2D eigenvalue weighted by Gasteiger charge is -1.93. The number of thiazole rings is 1. The highest BCUT2D eigenvalue weighted by Gasteiger charge is 1.94. The molecule has 2 nitrogen and oxygen atoms in total. The minimum Gasteiger partial charge on any atom is -0.402 e. The largest absolute Gasteiger partial charge is 0.402 e. The van der Waals surface area contributed by atoms with Crippen molar-refractivity contribution in [3.05, 3.63) is 28.4 Å². The number of rotatable bonds is 2. The van der Waals surface area contributed by atoms with Gasteiger partial charge in [-0.25, -0.2) is 4.98 Å². The molecule has 0 atom stereocenters. The minimum absolute atomic E-state index is 0.786. The van der Waals surface area contributed by atoms with E-state index in [0.29, 0.717) is 0 Å². The molecule has 3 heteroatoms. The Labute approximate surface area is 64.4 Å². The highest BCUT2D eigenvalue weighted by molar-refractivity contribution is 7.09. The maximum Gasteiger partial charge on any atom is 0.0983 e. The van der Waals surface area contributed by atoms with Crippen molar-refractivity contribution in [2.24, 2.45) is 5.73 Å². The van der Waals surface area contributed by atoms with Crippen LogP contribution in [0, 0.1) is 0 Å². The van der Waals surface area contributed by atoms with E-state index in [2.05, 4.69) is 4.98 Å². The summed E-state index contributed by atoms with van der Waals surface area (Å²) in [6.45, 7) is 1.93. The molecule has 10 heavy (non-hydrogen) atoms. The SMILES string of the molecule is C/C=C(\N)Cc1nccs1. The molecule has 0 unspecified atom stereocenters. The first kappa shape index (κ1) is 7.28. The standard InChI is InChI=1S/C7H10N2S/c1-2-6(8)5-7-9-3-4-10-7/h2-4H,5,8H2,1H3/b6-2-. The van der Waals surface area contributed by atoms with E-state index in [9.17, 15) is 0 Å². The van der Waals surface area contributed by atoms with E-state index in [0.717, 1.165) is 17.1 Å². The lowest BCUT2D eigenvalue weighted by atomic mass is 10.3. The molecule has 0 amide bonds. The van der Waals surface area contributed by atoms with Crippen molar-refractivity contribution >= 4 is 11.3 Å². The Balaban J connectivity index is 2.56. The molecule has 0 fully saturated rings. The van der Waals surface area contributed by atoms with Crippen LogP contribution in [-0.2, 0) is 6.42 Å². The molecule has 0 saturated carbocycles. The van der Waals surface area contributed by atoms with Gasteiger partial charge in [0.2, 0.25) is 0 Å². The van der Waals surface area contributed by atoms with Gasteiger partial charge in [-0.2, -0.15) is 0 Å². The third-order valence-electron chi connectivity index (χ3n) is 1.21. The average molecular weight is 154 g/mol. The number of hydrogen-bond acceptors (Lipinski definition) is 3. The molecule has 2 N–H and O–H groups in total. The van der Waals surface area contributed by atoms with Crippen molar-refractivity contribution in [2.75, 3.05) is 0 Å². The Kier molecular flexibility index (Phi) is 2.45. The van der Waals surface area contributed by atoms with Gasteiger partial charge in [-0.3, -0.25) is 0 Å². The van der Waals surface area contributed by atoms with Crippen LogP contribution in [0.2, 0.25) is 0 Å². The molecule has 1 aromatic rings. The maximum atomic E-state index is 5.59.